The molecule has 25 heavy (non-hydrogen) atoms. The van der Waals surface area contributed by atoms with Crippen molar-refractivity contribution in [3.05, 3.63) is 54.1 Å². The van der Waals surface area contributed by atoms with Crippen molar-refractivity contribution >= 4 is 39.1 Å². The molecule has 1 N–H and O–H groups in total. The van der Waals surface area contributed by atoms with E-state index in [1.54, 1.807) is 30.0 Å². The van der Waals surface area contributed by atoms with Crippen LogP contribution in [0.15, 0.2) is 53.4 Å². The zero-order valence-corrected chi connectivity index (χ0v) is 16.2. The van der Waals surface area contributed by atoms with Crippen LogP contribution in [0.25, 0.3) is 0 Å². The average molecular weight is 379 g/mol. The van der Waals surface area contributed by atoms with Gasteiger partial charge in [-0.3, -0.25) is 9.10 Å². The standard InChI is InChI=1S/C18H22N2O3S2/c1-4-24-17-11-6-5-10-16(17)19-18(21)13-20(25(3,22)23)15-9-7-8-14(2)12-15/h5-12H,4,13H2,1-3H3,(H,19,21). The second kappa shape index (κ2) is 8.40. The first kappa shape index (κ1) is 19.3. The number of para-hydroxylation sites is 1. The summed E-state index contributed by atoms with van der Waals surface area (Å²) in [6, 6.07) is 14.6. The van der Waals surface area contributed by atoms with E-state index in [9.17, 15) is 13.2 Å². The molecule has 0 atom stereocenters. The lowest BCUT2D eigenvalue weighted by atomic mass is 10.2. The average Bonchev–Trinajstić information content (AvgIpc) is 2.53. The predicted molar refractivity (Wildman–Crippen MR) is 105 cm³/mol. The first-order chi connectivity index (χ1) is 11.8. The maximum absolute atomic E-state index is 12.5. The van der Waals surface area contributed by atoms with Gasteiger partial charge in [-0.05, 0) is 42.5 Å². The third-order valence-electron chi connectivity index (χ3n) is 3.44. The fourth-order valence-electron chi connectivity index (χ4n) is 2.35. The van der Waals surface area contributed by atoms with Gasteiger partial charge in [-0.1, -0.05) is 31.2 Å². The zero-order valence-electron chi connectivity index (χ0n) is 14.5. The molecule has 0 aromatic heterocycles. The summed E-state index contributed by atoms with van der Waals surface area (Å²) in [6.07, 6.45) is 1.10. The highest BCUT2D eigenvalue weighted by Crippen LogP contribution is 2.27. The maximum Gasteiger partial charge on any atom is 0.245 e. The minimum absolute atomic E-state index is 0.270. The predicted octanol–water partition coefficient (Wildman–Crippen LogP) is 3.51. The van der Waals surface area contributed by atoms with Crippen molar-refractivity contribution in [2.75, 3.05) is 28.2 Å². The van der Waals surface area contributed by atoms with E-state index in [-0.39, 0.29) is 12.5 Å². The Balaban J connectivity index is 2.21. The van der Waals surface area contributed by atoms with Gasteiger partial charge in [0.25, 0.3) is 0 Å². The summed E-state index contributed by atoms with van der Waals surface area (Å²) in [4.78, 5) is 13.4. The van der Waals surface area contributed by atoms with E-state index in [4.69, 9.17) is 0 Å². The molecule has 134 valence electrons. The molecule has 0 bridgehead atoms. The van der Waals surface area contributed by atoms with Crippen LogP contribution < -0.4 is 9.62 Å². The topological polar surface area (TPSA) is 66.5 Å². The molecule has 5 nitrogen and oxygen atoms in total. The van der Waals surface area contributed by atoms with Crippen LogP contribution in [0.4, 0.5) is 11.4 Å². The summed E-state index contributed by atoms with van der Waals surface area (Å²) in [5.74, 6) is 0.502. The minimum Gasteiger partial charge on any atom is -0.323 e. The van der Waals surface area contributed by atoms with Gasteiger partial charge < -0.3 is 5.32 Å². The number of hydrogen-bond donors (Lipinski definition) is 1. The normalized spacial score (nSPS) is 11.2. The van der Waals surface area contributed by atoms with E-state index >= 15 is 0 Å². The Morgan fingerprint density at radius 2 is 1.88 bits per heavy atom. The van der Waals surface area contributed by atoms with Crippen LogP contribution in [-0.4, -0.2) is 32.9 Å². The summed E-state index contributed by atoms with van der Waals surface area (Å²) in [6.45, 7) is 3.64. The van der Waals surface area contributed by atoms with E-state index in [2.05, 4.69) is 5.32 Å². The minimum atomic E-state index is -3.58. The number of nitrogens with zero attached hydrogens (tertiary/aromatic N) is 1. The van der Waals surface area contributed by atoms with Crippen LogP contribution >= 0.6 is 11.8 Å². The summed E-state index contributed by atoms with van der Waals surface area (Å²) >= 11 is 1.62. The fraction of sp³-hybridized carbons (Fsp3) is 0.278. The summed E-state index contributed by atoms with van der Waals surface area (Å²) in [5, 5.41) is 2.82. The van der Waals surface area contributed by atoms with E-state index in [0.717, 1.165) is 26.8 Å². The van der Waals surface area contributed by atoms with Crippen LogP contribution in [0.3, 0.4) is 0 Å². The van der Waals surface area contributed by atoms with Crippen molar-refractivity contribution in [1.82, 2.24) is 0 Å². The van der Waals surface area contributed by atoms with Crippen molar-refractivity contribution < 1.29 is 13.2 Å². The number of benzene rings is 2. The van der Waals surface area contributed by atoms with Crippen LogP contribution in [0.5, 0.6) is 0 Å². The fourth-order valence-corrected chi connectivity index (χ4v) is 3.96. The van der Waals surface area contributed by atoms with Crippen molar-refractivity contribution in [2.24, 2.45) is 0 Å². The van der Waals surface area contributed by atoms with E-state index in [1.807, 2.05) is 44.2 Å². The SMILES string of the molecule is CCSc1ccccc1NC(=O)CN(c1cccc(C)c1)S(C)(=O)=O. The number of hydrogen-bond acceptors (Lipinski definition) is 4. The second-order valence-electron chi connectivity index (χ2n) is 5.59. The third kappa shape index (κ3) is 5.51. The Kier molecular flexibility index (Phi) is 6.50. The van der Waals surface area contributed by atoms with Gasteiger partial charge in [-0.2, -0.15) is 0 Å². The quantitative estimate of drug-likeness (QED) is 0.749. The van der Waals surface area contributed by atoms with E-state index in [1.165, 1.54) is 0 Å². The lowest BCUT2D eigenvalue weighted by Gasteiger charge is -2.22. The molecule has 0 fully saturated rings. The number of carbonyl (C=O) groups excluding carboxylic acids is 1. The Bertz CT molecular complexity index is 851. The summed E-state index contributed by atoms with van der Waals surface area (Å²) in [7, 11) is -3.58. The molecule has 0 heterocycles. The largest absolute Gasteiger partial charge is 0.323 e. The van der Waals surface area contributed by atoms with Gasteiger partial charge in [0.05, 0.1) is 17.6 Å². The third-order valence-corrected chi connectivity index (χ3v) is 5.53. The summed E-state index contributed by atoms with van der Waals surface area (Å²) in [5.41, 5.74) is 2.10. The van der Waals surface area contributed by atoms with Crippen molar-refractivity contribution in [1.29, 1.82) is 0 Å². The Morgan fingerprint density at radius 1 is 1.16 bits per heavy atom. The van der Waals surface area contributed by atoms with Gasteiger partial charge in [0.2, 0.25) is 15.9 Å². The maximum atomic E-state index is 12.5. The molecular weight excluding hydrogens is 356 g/mol. The number of rotatable bonds is 7. The zero-order chi connectivity index (χ0) is 18.4. The molecule has 0 unspecified atom stereocenters. The molecule has 2 aromatic carbocycles. The van der Waals surface area contributed by atoms with Gasteiger partial charge in [0.1, 0.15) is 6.54 Å². The molecule has 0 saturated heterocycles. The van der Waals surface area contributed by atoms with Crippen LogP contribution in [-0.2, 0) is 14.8 Å². The summed E-state index contributed by atoms with van der Waals surface area (Å²) < 4.78 is 25.4. The monoisotopic (exact) mass is 378 g/mol. The van der Waals surface area contributed by atoms with Gasteiger partial charge >= 0.3 is 0 Å². The van der Waals surface area contributed by atoms with E-state index < -0.39 is 10.0 Å². The van der Waals surface area contributed by atoms with Gasteiger partial charge in [-0.15, -0.1) is 11.8 Å². The van der Waals surface area contributed by atoms with Crippen LogP contribution in [0.1, 0.15) is 12.5 Å². The van der Waals surface area contributed by atoms with Gasteiger partial charge in [0, 0.05) is 4.90 Å². The number of carbonyl (C=O) groups is 1. The van der Waals surface area contributed by atoms with Gasteiger partial charge in [-0.25, -0.2) is 8.42 Å². The Labute approximate surface area is 153 Å². The van der Waals surface area contributed by atoms with Crippen LogP contribution in [0, 0.1) is 6.92 Å². The number of sulfonamides is 1. The molecule has 0 aliphatic rings. The number of aryl methyl sites for hydroxylation is 1. The number of anilines is 2. The number of thioether (sulfide) groups is 1. The highest BCUT2D eigenvalue weighted by molar-refractivity contribution is 7.99. The molecule has 0 saturated carbocycles. The van der Waals surface area contributed by atoms with Crippen molar-refractivity contribution in [3.63, 3.8) is 0 Å². The number of amides is 1. The van der Waals surface area contributed by atoms with E-state index in [0.29, 0.717) is 11.4 Å². The highest BCUT2D eigenvalue weighted by Gasteiger charge is 2.21. The highest BCUT2D eigenvalue weighted by atomic mass is 32.2. The lowest BCUT2D eigenvalue weighted by molar-refractivity contribution is -0.114. The molecule has 1 amide bonds. The van der Waals surface area contributed by atoms with Gasteiger partial charge in [0.15, 0.2) is 0 Å². The number of nitrogens with one attached hydrogen (secondary N) is 1. The van der Waals surface area contributed by atoms with Crippen molar-refractivity contribution in [2.45, 2.75) is 18.7 Å². The smallest absolute Gasteiger partial charge is 0.245 e. The van der Waals surface area contributed by atoms with Crippen molar-refractivity contribution in [3.8, 4) is 0 Å². The molecule has 0 spiro atoms. The first-order valence-corrected chi connectivity index (χ1v) is 10.7. The Hall–Kier alpha value is -1.99. The molecule has 0 radical (unpaired) electrons. The first-order valence-electron chi connectivity index (χ1n) is 7.87. The molecule has 0 aliphatic carbocycles. The molecule has 2 rings (SSSR count). The second-order valence-corrected chi connectivity index (χ2v) is 8.80. The molecule has 7 heteroatoms. The Morgan fingerprint density at radius 3 is 2.52 bits per heavy atom. The lowest BCUT2D eigenvalue weighted by Crippen LogP contribution is -2.37. The molecule has 2 aromatic rings. The molecule has 0 aliphatic heterocycles. The van der Waals surface area contributed by atoms with Crippen LogP contribution in [0.2, 0.25) is 0 Å². The molecular formula is C18H22N2O3S2.